The van der Waals surface area contributed by atoms with E-state index >= 15 is 0 Å². The fraction of sp³-hybridized carbons (Fsp3) is 0.333. The van der Waals surface area contributed by atoms with Crippen molar-refractivity contribution in [2.75, 3.05) is 0 Å². The van der Waals surface area contributed by atoms with Crippen LogP contribution in [0.2, 0.25) is 0 Å². The molecular formula is C9H16O2. The van der Waals surface area contributed by atoms with Crippen molar-refractivity contribution in [1.29, 1.82) is 0 Å². The fourth-order valence-electron chi connectivity index (χ4n) is 0.317. The summed E-state index contributed by atoms with van der Waals surface area (Å²) in [7, 11) is 0. The Balaban J connectivity index is 0. The first-order valence-corrected chi connectivity index (χ1v) is 3.48. The predicted molar refractivity (Wildman–Crippen MR) is 48.6 cm³/mol. The van der Waals surface area contributed by atoms with Crippen molar-refractivity contribution in [3.8, 4) is 0 Å². The number of aliphatic hydroxyl groups excluding tert-OH is 2. The Bertz CT molecular complexity index is 166. The largest absolute Gasteiger partial charge is 0.505 e. The highest BCUT2D eigenvalue weighted by Gasteiger charge is 1.93. The normalized spacial score (nSPS) is 9.55. The summed E-state index contributed by atoms with van der Waals surface area (Å²) in [4.78, 5) is 0. The third-order valence-corrected chi connectivity index (χ3v) is 0.679. The minimum Gasteiger partial charge on any atom is -0.505 e. The van der Waals surface area contributed by atoms with Gasteiger partial charge in [-0.3, -0.25) is 0 Å². The molecule has 0 atom stereocenters. The Hall–Kier alpha value is -1.18. The monoisotopic (exact) mass is 156 g/mol. The predicted octanol–water partition coefficient (Wildman–Crippen LogP) is 3.10. The van der Waals surface area contributed by atoms with E-state index in [1.165, 1.54) is 6.08 Å². The molecule has 2 nitrogen and oxygen atoms in total. The van der Waals surface area contributed by atoms with Crippen LogP contribution in [0.1, 0.15) is 20.8 Å². The van der Waals surface area contributed by atoms with E-state index < -0.39 is 0 Å². The van der Waals surface area contributed by atoms with Crippen LogP contribution >= 0.6 is 0 Å². The SMILES string of the molecule is C=C(C)/C=C(/O)C(=C)O.CC. The van der Waals surface area contributed by atoms with Crippen molar-refractivity contribution in [2.45, 2.75) is 20.8 Å². The van der Waals surface area contributed by atoms with E-state index in [4.69, 9.17) is 10.2 Å². The molecule has 0 rings (SSSR count). The quantitative estimate of drug-likeness (QED) is 0.476. The van der Waals surface area contributed by atoms with Crippen LogP contribution in [0, 0.1) is 0 Å². The lowest BCUT2D eigenvalue weighted by atomic mass is 10.3. The van der Waals surface area contributed by atoms with Gasteiger partial charge in [-0.15, -0.1) is 0 Å². The van der Waals surface area contributed by atoms with E-state index in [0.717, 1.165) is 0 Å². The molecule has 0 aromatic heterocycles. The highest BCUT2D eigenvalue weighted by Crippen LogP contribution is 2.02. The summed E-state index contributed by atoms with van der Waals surface area (Å²) in [6, 6.07) is 0. The van der Waals surface area contributed by atoms with Gasteiger partial charge >= 0.3 is 0 Å². The summed E-state index contributed by atoms with van der Waals surface area (Å²) in [6.45, 7) is 12.3. The number of hydrogen-bond donors (Lipinski definition) is 2. The summed E-state index contributed by atoms with van der Waals surface area (Å²) in [5.41, 5.74) is 0.669. The van der Waals surface area contributed by atoms with Crippen molar-refractivity contribution >= 4 is 0 Å². The van der Waals surface area contributed by atoms with Gasteiger partial charge in [0.05, 0.1) is 0 Å². The van der Waals surface area contributed by atoms with Crippen LogP contribution in [0.4, 0.5) is 0 Å². The van der Waals surface area contributed by atoms with Gasteiger partial charge in [0.1, 0.15) is 5.76 Å². The number of rotatable bonds is 2. The highest BCUT2D eigenvalue weighted by atomic mass is 16.3. The maximum absolute atomic E-state index is 8.75. The van der Waals surface area contributed by atoms with E-state index in [0.29, 0.717) is 5.57 Å². The van der Waals surface area contributed by atoms with Gasteiger partial charge in [-0.2, -0.15) is 0 Å². The fourth-order valence-corrected chi connectivity index (χ4v) is 0.317. The molecule has 11 heavy (non-hydrogen) atoms. The van der Waals surface area contributed by atoms with Crippen LogP contribution in [-0.4, -0.2) is 10.2 Å². The van der Waals surface area contributed by atoms with Gasteiger partial charge in [-0.1, -0.05) is 32.6 Å². The van der Waals surface area contributed by atoms with Gasteiger partial charge in [0, 0.05) is 0 Å². The van der Waals surface area contributed by atoms with E-state index in [1.807, 2.05) is 13.8 Å². The molecule has 0 aromatic carbocycles. The molecule has 0 aromatic rings. The zero-order chi connectivity index (χ0) is 9.44. The minimum absolute atomic E-state index is 0.234. The summed E-state index contributed by atoms with van der Waals surface area (Å²) in [5.74, 6) is -0.569. The lowest BCUT2D eigenvalue weighted by Gasteiger charge is -1.93. The maximum Gasteiger partial charge on any atom is 0.156 e. The Morgan fingerprint density at radius 2 is 1.55 bits per heavy atom. The molecule has 0 aliphatic carbocycles. The van der Waals surface area contributed by atoms with Gasteiger partial charge in [-0.05, 0) is 13.0 Å². The van der Waals surface area contributed by atoms with Gasteiger partial charge in [0.25, 0.3) is 0 Å². The number of aliphatic hydroxyl groups is 2. The lowest BCUT2D eigenvalue weighted by Crippen LogP contribution is -1.83. The highest BCUT2D eigenvalue weighted by molar-refractivity contribution is 5.23. The molecular weight excluding hydrogens is 140 g/mol. The number of hydrogen-bond acceptors (Lipinski definition) is 2. The molecule has 0 unspecified atom stereocenters. The first-order valence-electron chi connectivity index (χ1n) is 3.48. The smallest absolute Gasteiger partial charge is 0.156 e. The molecule has 0 saturated carbocycles. The minimum atomic E-state index is -0.335. The van der Waals surface area contributed by atoms with Crippen molar-refractivity contribution in [3.05, 3.63) is 36.3 Å². The lowest BCUT2D eigenvalue weighted by molar-refractivity contribution is 0.328. The van der Waals surface area contributed by atoms with E-state index in [-0.39, 0.29) is 11.5 Å². The zero-order valence-corrected chi connectivity index (χ0v) is 7.39. The molecule has 0 amide bonds. The molecule has 0 aliphatic rings. The van der Waals surface area contributed by atoms with Gasteiger partial charge in [0.15, 0.2) is 5.76 Å². The average molecular weight is 156 g/mol. The molecule has 2 N–H and O–H groups in total. The molecule has 0 heterocycles. The Labute approximate surface area is 68.2 Å². The molecule has 64 valence electrons. The third-order valence-electron chi connectivity index (χ3n) is 0.679. The van der Waals surface area contributed by atoms with E-state index in [1.54, 1.807) is 6.92 Å². The average Bonchev–Trinajstić information content (AvgIpc) is 1.90. The van der Waals surface area contributed by atoms with Gasteiger partial charge < -0.3 is 10.2 Å². The summed E-state index contributed by atoms with van der Waals surface area (Å²) in [6.07, 6.45) is 1.34. The first-order chi connectivity index (χ1) is 5.04. The molecule has 0 fully saturated rings. The van der Waals surface area contributed by atoms with Crippen LogP contribution in [0.25, 0.3) is 0 Å². The van der Waals surface area contributed by atoms with Crippen molar-refractivity contribution in [1.82, 2.24) is 0 Å². The molecule has 0 radical (unpaired) electrons. The Morgan fingerprint density at radius 1 is 1.18 bits per heavy atom. The standard InChI is InChI=1S/C7H10O2.C2H6/c1-5(2)4-7(9)6(3)8;1-2/h4,8-9H,1,3H2,2H3;1-2H3/b7-4+;. The second kappa shape index (κ2) is 6.93. The summed E-state index contributed by atoms with van der Waals surface area (Å²) >= 11 is 0. The topological polar surface area (TPSA) is 40.5 Å². The first kappa shape index (κ1) is 12.5. The zero-order valence-electron chi connectivity index (χ0n) is 7.39. The summed E-state index contributed by atoms with van der Waals surface area (Å²) < 4.78 is 0. The van der Waals surface area contributed by atoms with E-state index in [9.17, 15) is 0 Å². The maximum atomic E-state index is 8.75. The Kier molecular flexibility index (Phi) is 7.87. The summed E-state index contributed by atoms with van der Waals surface area (Å²) in [5, 5.41) is 17.3. The molecule has 0 saturated heterocycles. The van der Waals surface area contributed by atoms with Crippen molar-refractivity contribution in [2.24, 2.45) is 0 Å². The van der Waals surface area contributed by atoms with Crippen LogP contribution < -0.4 is 0 Å². The second-order valence-electron chi connectivity index (χ2n) is 1.82. The molecule has 0 bridgehead atoms. The van der Waals surface area contributed by atoms with Crippen LogP contribution in [0.5, 0.6) is 0 Å². The molecule has 2 heteroatoms. The van der Waals surface area contributed by atoms with Crippen LogP contribution in [0.3, 0.4) is 0 Å². The third kappa shape index (κ3) is 8.82. The Morgan fingerprint density at radius 3 is 1.64 bits per heavy atom. The van der Waals surface area contributed by atoms with Crippen LogP contribution in [-0.2, 0) is 0 Å². The van der Waals surface area contributed by atoms with Gasteiger partial charge in [-0.25, -0.2) is 0 Å². The van der Waals surface area contributed by atoms with Crippen molar-refractivity contribution < 1.29 is 10.2 Å². The van der Waals surface area contributed by atoms with Crippen LogP contribution in [0.15, 0.2) is 36.3 Å². The molecule has 0 spiro atoms. The van der Waals surface area contributed by atoms with Crippen molar-refractivity contribution in [3.63, 3.8) is 0 Å². The van der Waals surface area contributed by atoms with E-state index in [2.05, 4.69) is 13.2 Å². The van der Waals surface area contributed by atoms with Gasteiger partial charge in [0.2, 0.25) is 0 Å². The second-order valence-corrected chi connectivity index (χ2v) is 1.82. The number of allylic oxidation sites excluding steroid dienone is 2. The molecule has 0 aliphatic heterocycles.